The summed E-state index contributed by atoms with van der Waals surface area (Å²) in [7, 11) is 0. The Bertz CT molecular complexity index is 220. The minimum Gasteiger partial charge on any atom is -0.444 e. The molecule has 90 valence electrons. The minimum absolute atomic E-state index is 0. The summed E-state index contributed by atoms with van der Waals surface area (Å²) in [6.45, 7) is 6.03. The number of carbonyl (C=O) groups is 1. The van der Waals surface area contributed by atoms with Crippen LogP contribution < -0.4 is 5.73 Å². The van der Waals surface area contributed by atoms with Crippen LogP contribution in [0.1, 0.15) is 20.8 Å². The number of rotatable bonds is 0. The summed E-state index contributed by atoms with van der Waals surface area (Å²) in [6.07, 6.45) is -1.05. The maximum absolute atomic E-state index is 11.5. The number of nitrogens with two attached hydrogens (primary N) is 1. The molecule has 1 aliphatic heterocycles. The van der Waals surface area contributed by atoms with Crippen LogP contribution in [-0.2, 0) is 4.74 Å². The Morgan fingerprint density at radius 1 is 1.47 bits per heavy atom. The molecular formula is C9H19ClN2O3. The van der Waals surface area contributed by atoms with Crippen LogP contribution in [0, 0.1) is 0 Å². The van der Waals surface area contributed by atoms with Gasteiger partial charge in [-0.15, -0.1) is 12.4 Å². The van der Waals surface area contributed by atoms with Gasteiger partial charge in [0.2, 0.25) is 0 Å². The van der Waals surface area contributed by atoms with Gasteiger partial charge in [-0.25, -0.2) is 4.79 Å². The Balaban J connectivity index is 0.00000196. The van der Waals surface area contributed by atoms with Crippen LogP contribution in [0.4, 0.5) is 4.79 Å². The van der Waals surface area contributed by atoms with E-state index < -0.39 is 17.8 Å². The lowest BCUT2D eigenvalue weighted by atomic mass is 10.2. The van der Waals surface area contributed by atoms with E-state index in [1.54, 1.807) is 20.8 Å². The van der Waals surface area contributed by atoms with Crippen molar-refractivity contribution in [1.29, 1.82) is 0 Å². The first-order valence-corrected chi connectivity index (χ1v) is 4.71. The van der Waals surface area contributed by atoms with Crippen molar-refractivity contribution in [2.75, 3.05) is 13.1 Å². The van der Waals surface area contributed by atoms with Crippen molar-refractivity contribution in [1.82, 2.24) is 4.90 Å². The van der Waals surface area contributed by atoms with E-state index in [1.807, 2.05) is 0 Å². The molecule has 0 aromatic rings. The molecule has 3 N–H and O–H groups in total. The van der Waals surface area contributed by atoms with Gasteiger partial charge in [0.1, 0.15) is 5.60 Å². The summed E-state index contributed by atoms with van der Waals surface area (Å²) in [6, 6.07) is -0.359. The lowest BCUT2D eigenvalue weighted by Gasteiger charge is -2.24. The van der Waals surface area contributed by atoms with Crippen LogP contribution in [0.5, 0.6) is 0 Å². The van der Waals surface area contributed by atoms with Crippen molar-refractivity contribution >= 4 is 18.5 Å². The summed E-state index contributed by atoms with van der Waals surface area (Å²) in [5.41, 5.74) is 5.07. The molecule has 1 saturated heterocycles. The first-order valence-electron chi connectivity index (χ1n) is 4.71. The molecule has 5 nitrogen and oxygen atoms in total. The van der Waals surface area contributed by atoms with E-state index in [-0.39, 0.29) is 25.0 Å². The molecule has 1 rings (SSSR count). The molecule has 1 aliphatic rings. The second-order valence-electron chi connectivity index (χ2n) is 4.62. The van der Waals surface area contributed by atoms with Crippen molar-refractivity contribution in [3.8, 4) is 0 Å². The van der Waals surface area contributed by atoms with E-state index in [9.17, 15) is 9.90 Å². The third kappa shape index (κ3) is 4.24. The lowest BCUT2D eigenvalue weighted by Crippen LogP contribution is -2.36. The van der Waals surface area contributed by atoms with Crippen molar-refractivity contribution in [2.24, 2.45) is 5.73 Å². The molecule has 1 heterocycles. The SMILES string of the molecule is CC(C)(C)OC(=O)N1C[C@H](N)[C@@H](O)C1.Cl. The molecule has 0 aromatic heterocycles. The van der Waals surface area contributed by atoms with Gasteiger partial charge in [0, 0.05) is 6.54 Å². The number of halogens is 1. The number of ether oxygens (including phenoxy) is 1. The van der Waals surface area contributed by atoms with Gasteiger partial charge >= 0.3 is 6.09 Å². The van der Waals surface area contributed by atoms with E-state index in [4.69, 9.17) is 10.5 Å². The normalized spacial score (nSPS) is 26.1. The van der Waals surface area contributed by atoms with Crippen molar-refractivity contribution in [3.05, 3.63) is 0 Å². The highest BCUT2D eigenvalue weighted by molar-refractivity contribution is 5.85. The first-order chi connectivity index (χ1) is 6.29. The number of carbonyl (C=O) groups excluding carboxylic acids is 1. The number of likely N-dealkylation sites (tertiary alicyclic amines) is 1. The van der Waals surface area contributed by atoms with Crippen LogP contribution >= 0.6 is 12.4 Å². The van der Waals surface area contributed by atoms with Crippen molar-refractivity contribution in [2.45, 2.75) is 38.5 Å². The van der Waals surface area contributed by atoms with Crippen molar-refractivity contribution in [3.63, 3.8) is 0 Å². The molecule has 0 spiro atoms. The Kier molecular flexibility index (Phi) is 4.83. The van der Waals surface area contributed by atoms with Gasteiger partial charge in [-0.3, -0.25) is 0 Å². The van der Waals surface area contributed by atoms with Gasteiger partial charge in [0.25, 0.3) is 0 Å². The molecule has 15 heavy (non-hydrogen) atoms. The standard InChI is InChI=1S/C9H18N2O3.ClH/c1-9(2,3)14-8(13)11-4-6(10)7(12)5-11;/h6-7,12H,4-5,10H2,1-3H3;1H/t6-,7-;/m0./s1. The second-order valence-corrected chi connectivity index (χ2v) is 4.62. The van der Waals surface area contributed by atoms with Gasteiger partial charge in [-0.1, -0.05) is 0 Å². The topological polar surface area (TPSA) is 75.8 Å². The molecule has 0 radical (unpaired) electrons. The fraction of sp³-hybridized carbons (Fsp3) is 0.889. The molecule has 0 aliphatic carbocycles. The van der Waals surface area contributed by atoms with Gasteiger partial charge in [-0.2, -0.15) is 0 Å². The lowest BCUT2D eigenvalue weighted by molar-refractivity contribution is 0.0270. The fourth-order valence-electron chi connectivity index (χ4n) is 1.29. The Labute approximate surface area is 96.0 Å². The number of hydrogen-bond acceptors (Lipinski definition) is 4. The van der Waals surface area contributed by atoms with Gasteiger partial charge < -0.3 is 20.5 Å². The molecule has 0 unspecified atom stereocenters. The summed E-state index contributed by atoms with van der Waals surface area (Å²) >= 11 is 0. The summed E-state index contributed by atoms with van der Waals surface area (Å²) in [4.78, 5) is 12.9. The predicted octanol–water partition coefficient (Wildman–Crippen LogP) is 0.347. The molecule has 0 bridgehead atoms. The zero-order chi connectivity index (χ0) is 10.9. The number of aliphatic hydroxyl groups excluding tert-OH is 1. The van der Waals surface area contributed by atoms with Crippen LogP contribution in [-0.4, -0.2) is 46.9 Å². The highest BCUT2D eigenvalue weighted by atomic mass is 35.5. The van der Waals surface area contributed by atoms with E-state index in [2.05, 4.69) is 0 Å². The van der Waals surface area contributed by atoms with Gasteiger partial charge in [0.15, 0.2) is 0 Å². The summed E-state index contributed by atoms with van der Waals surface area (Å²) in [5, 5.41) is 9.34. The monoisotopic (exact) mass is 238 g/mol. The molecular weight excluding hydrogens is 220 g/mol. The molecule has 6 heteroatoms. The molecule has 1 fully saturated rings. The third-order valence-electron chi connectivity index (χ3n) is 1.98. The Hall–Kier alpha value is -0.520. The molecule has 0 saturated carbocycles. The highest BCUT2D eigenvalue weighted by Gasteiger charge is 2.33. The smallest absolute Gasteiger partial charge is 0.410 e. The number of β-amino-alcohol motifs (C(OH)–C–C–N with tert-alkyl or cyclic N) is 1. The molecule has 0 aromatic carbocycles. The van der Waals surface area contributed by atoms with E-state index >= 15 is 0 Å². The second kappa shape index (κ2) is 5.01. The zero-order valence-electron chi connectivity index (χ0n) is 9.27. The Morgan fingerprint density at radius 2 is 2.00 bits per heavy atom. The number of aliphatic hydroxyl groups is 1. The average molecular weight is 239 g/mol. The van der Waals surface area contributed by atoms with E-state index in [0.717, 1.165) is 0 Å². The largest absolute Gasteiger partial charge is 0.444 e. The predicted molar refractivity (Wildman–Crippen MR) is 59.0 cm³/mol. The van der Waals surface area contributed by atoms with Crippen molar-refractivity contribution < 1.29 is 14.6 Å². The van der Waals surface area contributed by atoms with Gasteiger partial charge in [0.05, 0.1) is 18.7 Å². The van der Waals surface area contributed by atoms with E-state index in [1.165, 1.54) is 4.90 Å². The van der Waals surface area contributed by atoms with Crippen LogP contribution in [0.2, 0.25) is 0 Å². The number of amides is 1. The van der Waals surface area contributed by atoms with Crippen LogP contribution in [0.15, 0.2) is 0 Å². The molecule has 1 amide bonds. The van der Waals surface area contributed by atoms with Crippen LogP contribution in [0.3, 0.4) is 0 Å². The summed E-state index contributed by atoms with van der Waals surface area (Å²) in [5.74, 6) is 0. The highest BCUT2D eigenvalue weighted by Crippen LogP contribution is 2.14. The molecule has 2 atom stereocenters. The Morgan fingerprint density at radius 3 is 2.33 bits per heavy atom. The van der Waals surface area contributed by atoms with Gasteiger partial charge in [-0.05, 0) is 20.8 Å². The maximum Gasteiger partial charge on any atom is 0.410 e. The van der Waals surface area contributed by atoms with Crippen LogP contribution in [0.25, 0.3) is 0 Å². The summed E-state index contributed by atoms with van der Waals surface area (Å²) < 4.78 is 5.14. The third-order valence-corrected chi connectivity index (χ3v) is 1.98. The number of hydrogen-bond donors (Lipinski definition) is 2. The minimum atomic E-state index is -0.637. The first kappa shape index (κ1) is 14.5. The number of nitrogens with zero attached hydrogens (tertiary/aromatic N) is 1. The quantitative estimate of drug-likeness (QED) is 0.639. The fourth-order valence-corrected chi connectivity index (χ4v) is 1.29. The maximum atomic E-state index is 11.5. The van der Waals surface area contributed by atoms with E-state index in [0.29, 0.717) is 6.54 Å². The zero-order valence-corrected chi connectivity index (χ0v) is 10.1. The average Bonchev–Trinajstić information content (AvgIpc) is 2.28.